The number of aromatic nitrogens is 4. The summed E-state index contributed by atoms with van der Waals surface area (Å²) >= 11 is 0. The number of hydrogen-bond donors (Lipinski definition) is 1. The van der Waals surface area contributed by atoms with Crippen LogP contribution in [0.25, 0.3) is 16.7 Å². The monoisotopic (exact) mass is 481 g/mol. The first-order chi connectivity index (χ1) is 17.6. The molecule has 0 spiro atoms. The summed E-state index contributed by atoms with van der Waals surface area (Å²) in [4.78, 5) is 25.9. The van der Waals surface area contributed by atoms with Crippen LogP contribution in [0.3, 0.4) is 0 Å². The van der Waals surface area contributed by atoms with Crippen molar-refractivity contribution in [3.63, 3.8) is 0 Å². The van der Waals surface area contributed by atoms with Crippen LogP contribution in [0, 0.1) is 0 Å². The third-order valence-electron chi connectivity index (χ3n) is 6.24. The number of fused-ring (bicyclic) bond motifs is 3. The van der Waals surface area contributed by atoms with Crippen LogP contribution in [0.15, 0.2) is 83.7 Å². The first-order valence-electron chi connectivity index (χ1n) is 11.9. The number of para-hydroxylation sites is 1. The molecule has 5 rings (SSSR count). The molecule has 36 heavy (non-hydrogen) atoms. The van der Waals surface area contributed by atoms with Crippen molar-refractivity contribution in [2.75, 3.05) is 7.11 Å². The lowest BCUT2D eigenvalue weighted by Crippen LogP contribution is -2.25. The van der Waals surface area contributed by atoms with Crippen LogP contribution in [0.2, 0.25) is 0 Å². The summed E-state index contributed by atoms with van der Waals surface area (Å²) in [6, 6.07) is 25.1. The van der Waals surface area contributed by atoms with E-state index in [1.165, 1.54) is 0 Å². The lowest BCUT2D eigenvalue weighted by atomic mass is 10.1. The minimum atomic E-state index is -0.0935. The van der Waals surface area contributed by atoms with E-state index in [0.29, 0.717) is 42.9 Å². The molecule has 1 N–H and O–H groups in total. The molecule has 0 aliphatic carbocycles. The van der Waals surface area contributed by atoms with Gasteiger partial charge >= 0.3 is 0 Å². The zero-order chi connectivity index (χ0) is 24.9. The number of amides is 1. The van der Waals surface area contributed by atoms with Gasteiger partial charge in [0.15, 0.2) is 0 Å². The first-order valence-corrected chi connectivity index (χ1v) is 11.9. The molecule has 1 amide bonds. The lowest BCUT2D eigenvalue weighted by molar-refractivity contribution is -0.121. The van der Waals surface area contributed by atoms with Crippen LogP contribution in [-0.4, -0.2) is 32.2 Å². The van der Waals surface area contributed by atoms with E-state index < -0.39 is 0 Å². The molecule has 2 heterocycles. The van der Waals surface area contributed by atoms with Crippen molar-refractivity contribution in [1.29, 1.82) is 0 Å². The van der Waals surface area contributed by atoms with Gasteiger partial charge in [-0.3, -0.25) is 18.6 Å². The molecule has 5 aromatic rings. The van der Waals surface area contributed by atoms with E-state index in [0.717, 1.165) is 22.4 Å². The average molecular weight is 482 g/mol. The summed E-state index contributed by atoms with van der Waals surface area (Å²) in [6.07, 6.45) is 1.35. The Kier molecular flexibility index (Phi) is 6.75. The fraction of sp³-hybridized carbons (Fsp3) is 0.214. The first kappa shape index (κ1) is 23.3. The number of nitrogens with one attached hydrogen (secondary N) is 1. The Morgan fingerprint density at radius 3 is 2.53 bits per heavy atom. The van der Waals surface area contributed by atoms with Gasteiger partial charge in [0.2, 0.25) is 11.7 Å². The fourth-order valence-corrected chi connectivity index (χ4v) is 4.36. The molecule has 3 aromatic carbocycles. The second-order valence-electron chi connectivity index (χ2n) is 8.59. The molecule has 0 aliphatic rings. The molecule has 0 radical (unpaired) electrons. The number of nitrogens with zero attached hydrogens (tertiary/aromatic N) is 4. The Hall–Kier alpha value is -4.46. The van der Waals surface area contributed by atoms with E-state index in [1.54, 1.807) is 11.7 Å². The topological polar surface area (TPSA) is 90.5 Å². The molecule has 2 aromatic heterocycles. The molecule has 182 valence electrons. The Morgan fingerprint density at radius 1 is 0.917 bits per heavy atom. The van der Waals surface area contributed by atoms with Gasteiger partial charge < -0.3 is 10.1 Å². The molecule has 8 nitrogen and oxygen atoms in total. The van der Waals surface area contributed by atoms with E-state index in [4.69, 9.17) is 4.74 Å². The minimum Gasteiger partial charge on any atom is -0.497 e. The number of ether oxygens (including phenoxy) is 1. The van der Waals surface area contributed by atoms with Crippen molar-refractivity contribution in [3.8, 4) is 5.75 Å². The van der Waals surface area contributed by atoms with E-state index in [2.05, 4.69) is 15.5 Å². The molecule has 0 fully saturated rings. The molecule has 0 atom stereocenters. The van der Waals surface area contributed by atoms with Crippen LogP contribution in [0.5, 0.6) is 5.75 Å². The highest BCUT2D eigenvalue weighted by Crippen LogP contribution is 2.16. The summed E-state index contributed by atoms with van der Waals surface area (Å²) in [5.74, 6) is 1.80. The maximum Gasteiger partial charge on any atom is 0.262 e. The van der Waals surface area contributed by atoms with Crippen molar-refractivity contribution < 1.29 is 9.53 Å². The van der Waals surface area contributed by atoms with Gasteiger partial charge in [0.25, 0.3) is 5.56 Å². The zero-order valence-corrected chi connectivity index (χ0v) is 20.1. The van der Waals surface area contributed by atoms with E-state index in [-0.39, 0.29) is 17.9 Å². The maximum atomic E-state index is 13.3. The van der Waals surface area contributed by atoms with Gasteiger partial charge in [0.05, 0.1) is 18.0 Å². The number of carbonyl (C=O) groups is 1. The fourth-order valence-electron chi connectivity index (χ4n) is 4.36. The molecule has 0 saturated heterocycles. The molecular weight excluding hydrogens is 454 g/mol. The number of aryl methyl sites for hydroxylation is 3. The number of hydrogen-bond acceptors (Lipinski definition) is 5. The number of rotatable bonds is 9. The van der Waals surface area contributed by atoms with Gasteiger partial charge in [-0.1, -0.05) is 54.6 Å². The highest BCUT2D eigenvalue weighted by molar-refractivity contribution is 5.80. The van der Waals surface area contributed by atoms with Crippen LogP contribution >= 0.6 is 0 Å². The van der Waals surface area contributed by atoms with E-state index in [9.17, 15) is 9.59 Å². The van der Waals surface area contributed by atoms with Gasteiger partial charge in [-0.25, -0.2) is 0 Å². The Bertz CT molecular complexity index is 1570. The van der Waals surface area contributed by atoms with Crippen molar-refractivity contribution >= 4 is 22.6 Å². The third-order valence-corrected chi connectivity index (χ3v) is 6.24. The molecule has 0 saturated carbocycles. The largest absolute Gasteiger partial charge is 0.497 e. The Balaban J connectivity index is 1.37. The summed E-state index contributed by atoms with van der Waals surface area (Å²) in [5.41, 5.74) is 2.75. The van der Waals surface area contributed by atoms with E-state index >= 15 is 0 Å². The molecule has 0 bridgehead atoms. The maximum absolute atomic E-state index is 13.3. The van der Waals surface area contributed by atoms with Gasteiger partial charge in [0.1, 0.15) is 11.6 Å². The number of benzene rings is 3. The number of methoxy groups -OCH3 is 1. The SMILES string of the molecule is COc1cccc(CNC(=O)CCc2nnc3n(CCc4ccccc4)c(=O)c4ccccc4n23)c1. The van der Waals surface area contributed by atoms with Crippen molar-refractivity contribution in [3.05, 3.63) is 106 Å². The highest BCUT2D eigenvalue weighted by Gasteiger charge is 2.17. The second-order valence-corrected chi connectivity index (χ2v) is 8.59. The third kappa shape index (κ3) is 4.84. The van der Waals surface area contributed by atoms with Gasteiger partial charge in [-0.15, -0.1) is 10.2 Å². The summed E-state index contributed by atoms with van der Waals surface area (Å²) in [5, 5.41) is 12.3. The van der Waals surface area contributed by atoms with Crippen molar-refractivity contribution in [2.24, 2.45) is 0 Å². The van der Waals surface area contributed by atoms with Crippen molar-refractivity contribution in [1.82, 2.24) is 24.5 Å². The average Bonchev–Trinajstić information content (AvgIpc) is 3.35. The van der Waals surface area contributed by atoms with Gasteiger partial charge in [-0.2, -0.15) is 0 Å². The lowest BCUT2D eigenvalue weighted by Gasteiger charge is -2.11. The standard InChI is InChI=1S/C28H27N5O3/c1-36-22-11-7-10-21(18-22)19-29-26(34)15-14-25-30-31-28-32(17-16-20-8-3-2-4-9-20)27(35)23-12-5-6-13-24(23)33(25)28/h2-13,18H,14-17,19H2,1H3,(H,29,34). The summed E-state index contributed by atoms with van der Waals surface area (Å²) in [7, 11) is 1.62. The zero-order valence-electron chi connectivity index (χ0n) is 20.1. The Labute approximate surface area is 208 Å². The van der Waals surface area contributed by atoms with Crippen LogP contribution in [0.4, 0.5) is 0 Å². The molecule has 0 aliphatic heterocycles. The Morgan fingerprint density at radius 2 is 1.69 bits per heavy atom. The normalized spacial score (nSPS) is 11.1. The van der Waals surface area contributed by atoms with E-state index in [1.807, 2.05) is 83.3 Å². The molecule has 8 heteroatoms. The van der Waals surface area contributed by atoms with Crippen LogP contribution < -0.4 is 15.6 Å². The predicted molar refractivity (Wildman–Crippen MR) is 138 cm³/mol. The predicted octanol–water partition coefficient (Wildman–Crippen LogP) is 3.54. The number of carbonyl (C=O) groups excluding carboxylic acids is 1. The van der Waals surface area contributed by atoms with Crippen molar-refractivity contribution in [2.45, 2.75) is 32.4 Å². The van der Waals surface area contributed by atoms with Gasteiger partial charge in [-0.05, 0) is 41.8 Å². The summed E-state index contributed by atoms with van der Waals surface area (Å²) in [6.45, 7) is 0.898. The highest BCUT2D eigenvalue weighted by atomic mass is 16.5. The molecule has 0 unspecified atom stereocenters. The molecular formula is C28H27N5O3. The quantitative estimate of drug-likeness (QED) is 0.348. The van der Waals surface area contributed by atoms with Gasteiger partial charge in [0, 0.05) is 25.9 Å². The second kappa shape index (κ2) is 10.4. The summed E-state index contributed by atoms with van der Waals surface area (Å²) < 4.78 is 8.81. The van der Waals surface area contributed by atoms with Crippen LogP contribution in [-0.2, 0) is 30.7 Å². The smallest absolute Gasteiger partial charge is 0.262 e. The minimum absolute atomic E-state index is 0.0868. The van der Waals surface area contributed by atoms with Crippen LogP contribution in [0.1, 0.15) is 23.4 Å².